The van der Waals surface area contributed by atoms with Crippen molar-refractivity contribution in [1.82, 2.24) is 4.98 Å². The fourth-order valence-electron chi connectivity index (χ4n) is 1.43. The zero-order valence-corrected chi connectivity index (χ0v) is 12.7. The molecule has 4 nitrogen and oxygen atoms in total. The lowest BCUT2D eigenvalue weighted by atomic mass is 10.2. The Labute approximate surface area is 117 Å². The third kappa shape index (κ3) is 3.20. The van der Waals surface area contributed by atoms with Crippen LogP contribution in [0.1, 0.15) is 20.8 Å². The number of thiazole rings is 1. The van der Waals surface area contributed by atoms with Crippen LogP contribution in [0.2, 0.25) is 0 Å². The fraction of sp³-hybridized carbons (Fsp3) is 0.333. The molecule has 0 saturated heterocycles. The summed E-state index contributed by atoms with van der Waals surface area (Å²) in [6.45, 7) is 5.49. The Hall–Kier alpha value is -1.14. The highest BCUT2D eigenvalue weighted by Gasteiger charge is 2.17. The van der Waals surface area contributed by atoms with Crippen LogP contribution in [-0.4, -0.2) is 16.7 Å². The van der Waals surface area contributed by atoms with Crippen molar-refractivity contribution in [1.29, 1.82) is 0 Å². The first-order valence-corrected chi connectivity index (χ1v) is 7.01. The predicted octanol–water partition coefficient (Wildman–Crippen LogP) is 4.41. The number of hydrogen-bond donors (Lipinski definition) is 1. The van der Waals surface area contributed by atoms with Gasteiger partial charge in [-0.3, -0.25) is 5.32 Å². The normalized spacial score (nSPS) is 11.6. The summed E-state index contributed by atoms with van der Waals surface area (Å²) < 4.78 is 6.93. The van der Waals surface area contributed by atoms with E-state index in [1.807, 2.05) is 39.0 Å². The van der Waals surface area contributed by atoms with Gasteiger partial charge in [0, 0.05) is 0 Å². The van der Waals surface area contributed by atoms with Gasteiger partial charge in [0.25, 0.3) is 0 Å². The quantitative estimate of drug-likeness (QED) is 0.843. The molecule has 1 N–H and O–H groups in total. The number of hydrogen-bond acceptors (Lipinski definition) is 4. The van der Waals surface area contributed by atoms with Crippen molar-refractivity contribution in [2.24, 2.45) is 0 Å². The molecule has 0 radical (unpaired) electrons. The molecule has 96 valence electrons. The molecule has 1 aromatic heterocycles. The van der Waals surface area contributed by atoms with Crippen LogP contribution in [0.3, 0.4) is 0 Å². The van der Waals surface area contributed by atoms with Gasteiger partial charge < -0.3 is 4.74 Å². The van der Waals surface area contributed by atoms with Gasteiger partial charge in [0.15, 0.2) is 3.92 Å². The van der Waals surface area contributed by atoms with Crippen LogP contribution in [0.5, 0.6) is 0 Å². The van der Waals surface area contributed by atoms with Crippen molar-refractivity contribution in [3.05, 3.63) is 22.1 Å². The van der Waals surface area contributed by atoms with Gasteiger partial charge in [-0.05, 0) is 48.8 Å². The summed E-state index contributed by atoms with van der Waals surface area (Å²) in [6.07, 6.45) is -0.459. The summed E-state index contributed by atoms with van der Waals surface area (Å²) >= 11 is 4.81. The Bertz CT molecular complexity index is 589. The molecule has 0 unspecified atom stereocenters. The fourth-order valence-corrected chi connectivity index (χ4v) is 2.87. The highest BCUT2D eigenvalue weighted by atomic mass is 79.9. The third-order valence-corrected chi connectivity index (χ3v) is 3.58. The minimum atomic E-state index is -0.508. The molecule has 1 amide bonds. The van der Waals surface area contributed by atoms with Crippen LogP contribution in [-0.2, 0) is 4.74 Å². The maximum Gasteiger partial charge on any atom is 0.412 e. The molecule has 0 aliphatic heterocycles. The summed E-state index contributed by atoms with van der Waals surface area (Å²) in [5, 5.41) is 2.74. The van der Waals surface area contributed by atoms with E-state index < -0.39 is 11.7 Å². The maximum absolute atomic E-state index is 11.7. The summed E-state index contributed by atoms with van der Waals surface area (Å²) in [4.78, 5) is 16.0. The molecular formula is C12H13BrN2O2S. The van der Waals surface area contributed by atoms with Gasteiger partial charge in [-0.2, -0.15) is 0 Å². The molecule has 2 rings (SSSR count). The average Bonchev–Trinajstić information content (AvgIpc) is 2.56. The van der Waals surface area contributed by atoms with Crippen LogP contribution < -0.4 is 5.32 Å². The number of carbonyl (C=O) groups excluding carboxylic acids is 1. The van der Waals surface area contributed by atoms with Crippen LogP contribution >= 0.6 is 27.3 Å². The molecule has 0 aliphatic rings. The average molecular weight is 329 g/mol. The minimum Gasteiger partial charge on any atom is -0.444 e. The Kier molecular flexibility index (Phi) is 3.59. The van der Waals surface area contributed by atoms with E-state index in [0.717, 1.165) is 14.1 Å². The van der Waals surface area contributed by atoms with E-state index in [4.69, 9.17) is 4.74 Å². The van der Waals surface area contributed by atoms with Crippen molar-refractivity contribution < 1.29 is 9.53 Å². The van der Waals surface area contributed by atoms with Gasteiger partial charge in [-0.1, -0.05) is 6.07 Å². The summed E-state index contributed by atoms with van der Waals surface area (Å²) in [5.74, 6) is 0. The van der Waals surface area contributed by atoms with Gasteiger partial charge >= 0.3 is 6.09 Å². The molecule has 0 aliphatic carbocycles. The topological polar surface area (TPSA) is 51.2 Å². The number of anilines is 1. The first kappa shape index (κ1) is 13.3. The molecular weight excluding hydrogens is 316 g/mol. The molecule has 0 bridgehead atoms. The van der Waals surface area contributed by atoms with E-state index in [-0.39, 0.29) is 0 Å². The lowest BCUT2D eigenvalue weighted by Crippen LogP contribution is -2.27. The number of nitrogens with zero attached hydrogens (tertiary/aromatic N) is 1. The zero-order valence-electron chi connectivity index (χ0n) is 10.3. The largest absolute Gasteiger partial charge is 0.444 e. The molecule has 2 aromatic rings. The predicted molar refractivity (Wildman–Crippen MR) is 77.2 cm³/mol. The number of halogens is 1. The smallest absolute Gasteiger partial charge is 0.412 e. The standard InChI is InChI=1S/C12H13BrN2O2S/c1-12(2,3)17-11(16)15-8-6-4-5-7-9(8)18-10(13)14-7/h4-6H,1-3H3,(H,15,16). The highest BCUT2D eigenvalue weighted by Crippen LogP contribution is 2.32. The minimum absolute atomic E-state index is 0.459. The van der Waals surface area contributed by atoms with Gasteiger partial charge in [0.1, 0.15) is 5.60 Å². The molecule has 1 heterocycles. The molecule has 0 atom stereocenters. The first-order valence-electron chi connectivity index (χ1n) is 5.40. The summed E-state index contributed by atoms with van der Waals surface area (Å²) in [5.41, 5.74) is 1.05. The van der Waals surface area contributed by atoms with Gasteiger partial charge in [-0.15, -0.1) is 11.3 Å². The first-order chi connectivity index (χ1) is 8.35. The van der Waals surface area contributed by atoms with E-state index in [0.29, 0.717) is 5.69 Å². The number of ether oxygens (including phenoxy) is 1. The molecule has 6 heteroatoms. The van der Waals surface area contributed by atoms with Crippen LogP contribution in [0.15, 0.2) is 22.1 Å². The number of amides is 1. The SMILES string of the molecule is CC(C)(C)OC(=O)Nc1cccc2nc(Br)sc12. The zero-order chi connectivity index (χ0) is 13.3. The number of fused-ring (bicyclic) bond motifs is 1. The Balaban J connectivity index is 2.24. The van der Waals surface area contributed by atoms with Crippen molar-refractivity contribution in [2.75, 3.05) is 5.32 Å². The third-order valence-electron chi connectivity index (χ3n) is 2.02. The van der Waals surface area contributed by atoms with Gasteiger partial charge in [0.05, 0.1) is 15.9 Å². The van der Waals surface area contributed by atoms with Crippen LogP contribution in [0.25, 0.3) is 10.2 Å². The lowest BCUT2D eigenvalue weighted by Gasteiger charge is -2.19. The van der Waals surface area contributed by atoms with Crippen molar-refractivity contribution in [3.8, 4) is 0 Å². The number of carbonyl (C=O) groups is 1. The number of rotatable bonds is 1. The van der Waals surface area contributed by atoms with E-state index in [1.54, 1.807) is 0 Å². The second-order valence-electron chi connectivity index (χ2n) is 4.75. The monoisotopic (exact) mass is 328 g/mol. The Morgan fingerprint density at radius 1 is 1.44 bits per heavy atom. The molecule has 0 saturated carbocycles. The van der Waals surface area contributed by atoms with E-state index >= 15 is 0 Å². The second-order valence-corrected chi connectivity index (χ2v) is 7.02. The van der Waals surface area contributed by atoms with Crippen LogP contribution in [0, 0.1) is 0 Å². The number of aromatic nitrogens is 1. The Morgan fingerprint density at radius 2 is 2.17 bits per heavy atom. The van der Waals surface area contributed by atoms with Gasteiger partial charge in [0.2, 0.25) is 0 Å². The van der Waals surface area contributed by atoms with Crippen molar-refractivity contribution in [2.45, 2.75) is 26.4 Å². The number of nitrogens with one attached hydrogen (secondary N) is 1. The highest BCUT2D eigenvalue weighted by molar-refractivity contribution is 9.11. The molecule has 18 heavy (non-hydrogen) atoms. The van der Waals surface area contributed by atoms with E-state index in [1.165, 1.54) is 11.3 Å². The second kappa shape index (κ2) is 4.85. The van der Waals surface area contributed by atoms with E-state index in [9.17, 15) is 4.79 Å². The molecule has 1 aromatic carbocycles. The van der Waals surface area contributed by atoms with Gasteiger partial charge in [-0.25, -0.2) is 9.78 Å². The number of benzene rings is 1. The van der Waals surface area contributed by atoms with Crippen molar-refractivity contribution >= 4 is 49.3 Å². The molecule has 0 fully saturated rings. The van der Waals surface area contributed by atoms with Crippen molar-refractivity contribution in [3.63, 3.8) is 0 Å². The molecule has 0 spiro atoms. The Morgan fingerprint density at radius 3 is 2.83 bits per heavy atom. The maximum atomic E-state index is 11.7. The van der Waals surface area contributed by atoms with E-state index in [2.05, 4.69) is 26.2 Å². The van der Waals surface area contributed by atoms with Crippen LogP contribution in [0.4, 0.5) is 10.5 Å². The summed E-state index contributed by atoms with van der Waals surface area (Å²) in [7, 11) is 0. The summed E-state index contributed by atoms with van der Waals surface area (Å²) in [6, 6.07) is 5.58. The lowest BCUT2D eigenvalue weighted by molar-refractivity contribution is 0.0636.